The second kappa shape index (κ2) is 5.13. The highest BCUT2D eigenvalue weighted by molar-refractivity contribution is 5.50. The minimum atomic E-state index is -0.806. The van der Waals surface area contributed by atoms with Crippen molar-refractivity contribution in [2.45, 2.75) is 13.8 Å². The van der Waals surface area contributed by atoms with Crippen LogP contribution in [0.3, 0.4) is 0 Å². The summed E-state index contributed by atoms with van der Waals surface area (Å²) in [7, 11) is 0. The molecule has 0 aliphatic carbocycles. The first-order chi connectivity index (χ1) is 9.42. The molecule has 0 unspecified atom stereocenters. The first-order valence-electron chi connectivity index (χ1n) is 5.73. The minimum absolute atomic E-state index is 0.126. The second-order valence-electron chi connectivity index (χ2n) is 4.24. The lowest BCUT2D eigenvalue weighted by Gasteiger charge is -2.11. The number of ether oxygens (including phenoxy) is 1. The van der Waals surface area contributed by atoms with Gasteiger partial charge in [-0.25, -0.2) is 8.78 Å². The highest BCUT2D eigenvalue weighted by Crippen LogP contribution is 2.31. The number of rotatable bonds is 2. The largest absolute Gasteiger partial charge is 0.453 e. The zero-order valence-electron chi connectivity index (χ0n) is 10.9. The van der Waals surface area contributed by atoms with Crippen molar-refractivity contribution >= 4 is 5.69 Å². The van der Waals surface area contributed by atoms with Crippen LogP contribution in [0.2, 0.25) is 0 Å². The molecule has 0 saturated heterocycles. The van der Waals surface area contributed by atoms with Crippen LogP contribution in [-0.4, -0.2) is 4.98 Å². The Hall–Kier alpha value is -2.68. The Morgan fingerprint density at radius 3 is 2.50 bits per heavy atom. The van der Waals surface area contributed by atoms with Gasteiger partial charge in [-0.05, 0) is 13.8 Å². The zero-order chi connectivity index (χ0) is 14.9. The fraction of sp³-hybridized carbons (Fsp3) is 0.143. The van der Waals surface area contributed by atoms with Crippen molar-refractivity contribution in [2.75, 3.05) is 5.73 Å². The highest BCUT2D eigenvalue weighted by Gasteiger charge is 2.14. The molecular weight excluding hydrogens is 264 g/mol. The van der Waals surface area contributed by atoms with Crippen molar-refractivity contribution in [2.24, 2.45) is 0 Å². The zero-order valence-corrected chi connectivity index (χ0v) is 10.9. The Balaban J connectivity index is 2.51. The second-order valence-corrected chi connectivity index (χ2v) is 4.24. The van der Waals surface area contributed by atoms with Crippen LogP contribution in [0.4, 0.5) is 14.5 Å². The maximum Gasteiger partial charge on any atom is 0.167 e. The van der Waals surface area contributed by atoms with E-state index in [-0.39, 0.29) is 22.7 Å². The molecule has 2 N–H and O–H groups in total. The van der Waals surface area contributed by atoms with E-state index in [9.17, 15) is 8.78 Å². The summed E-state index contributed by atoms with van der Waals surface area (Å²) in [5.41, 5.74) is 6.18. The molecule has 0 saturated carbocycles. The van der Waals surface area contributed by atoms with Crippen LogP contribution in [0.1, 0.15) is 17.0 Å². The summed E-state index contributed by atoms with van der Waals surface area (Å²) in [6, 6.07) is 5.09. The average Bonchev–Trinajstić information content (AvgIpc) is 2.35. The summed E-state index contributed by atoms with van der Waals surface area (Å²) in [6.07, 6.45) is 0. The lowest BCUT2D eigenvalue weighted by Crippen LogP contribution is -1.99. The fourth-order valence-corrected chi connectivity index (χ4v) is 1.75. The van der Waals surface area contributed by atoms with Gasteiger partial charge in [0.2, 0.25) is 0 Å². The van der Waals surface area contributed by atoms with Gasteiger partial charge in [-0.3, -0.25) is 4.98 Å². The number of benzene rings is 1. The van der Waals surface area contributed by atoms with Crippen molar-refractivity contribution in [1.29, 1.82) is 5.26 Å². The smallest absolute Gasteiger partial charge is 0.167 e. The van der Waals surface area contributed by atoms with Gasteiger partial charge in [-0.15, -0.1) is 0 Å². The molecule has 20 heavy (non-hydrogen) atoms. The number of anilines is 1. The van der Waals surface area contributed by atoms with Crippen molar-refractivity contribution in [3.63, 3.8) is 0 Å². The fourth-order valence-electron chi connectivity index (χ4n) is 1.75. The number of aryl methyl sites for hydroxylation is 2. The third-order valence-electron chi connectivity index (χ3n) is 2.68. The normalized spacial score (nSPS) is 10.2. The molecule has 0 atom stereocenters. The predicted molar refractivity (Wildman–Crippen MR) is 69.3 cm³/mol. The molecule has 1 aromatic carbocycles. The van der Waals surface area contributed by atoms with Gasteiger partial charge >= 0.3 is 0 Å². The van der Waals surface area contributed by atoms with E-state index in [0.29, 0.717) is 11.4 Å². The summed E-state index contributed by atoms with van der Waals surface area (Å²) in [5.74, 6) is -1.80. The molecule has 2 rings (SSSR count). The molecule has 0 fully saturated rings. The number of halogens is 2. The summed E-state index contributed by atoms with van der Waals surface area (Å²) >= 11 is 0. The van der Waals surface area contributed by atoms with E-state index in [1.54, 1.807) is 13.8 Å². The van der Waals surface area contributed by atoms with E-state index in [4.69, 9.17) is 15.7 Å². The molecule has 4 nitrogen and oxygen atoms in total. The highest BCUT2D eigenvalue weighted by atomic mass is 19.1. The van der Waals surface area contributed by atoms with Gasteiger partial charge in [0.05, 0.1) is 11.4 Å². The molecule has 0 aliphatic rings. The topological polar surface area (TPSA) is 71.9 Å². The maximum atomic E-state index is 13.7. The molecule has 2 aromatic rings. The third-order valence-corrected chi connectivity index (χ3v) is 2.68. The number of nitrogens with zero attached hydrogens (tertiary/aromatic N) is 2. The van der Waals surface area contributed by atoms with Gasteiger partial charge in [0.1, 0.15) is 23.2 Å². The summed E-state index contributed by atoms with van der Waals surface area (Å²) in [6.45, 7) is 3.35. The van der Waals surface area contributed by atoms with Crippen LogP contribution in [-0.2, 0) is 0 Å². The predicted octanol–water partition coefficient (Wildman–Crippen LogP) is 3.22. The van der Waals surface area contributed by atoms with E-state index in [1.165, 1.54) is 6.07 Å². The Labute approximate surface area is 114 Å². The van der Waals surface area contributed by atoms with Crippen LogP contribution >= 0.6 is 0 Å². The standard InChI is InChI=1S/C14H11F2N3O/c1-7-3-13(9(6-17)8(2)19-7)20-14-5-10(15)12(18)4-11(14)16/h3-5H,18H2,1-2H3. The lowest BCUT2D eigenvalue weighted by molar-refractivity contribution is 0.435. The maximum absolute atomic E-state index is 13.7. The van der Waals surface area contributed by atoms with Gasteiger partial charge in [0, 0.05) is 23.9 Å². The van der Waals surface area contributed by atoms with Crippen molar-refractivity contribution in [3.8, 4) is 17.6 Å². The van der Waals surface area contributed by atoms with Gasteiger partial charge in [0.15, 0.2) is 11.6 Å². The van der Waals surface area contributed by atoms with Gasteiger partial charge in [0.25, 0.3) is 0 Å². The molecule has 0 radical (unpaired) electrons. The summed E-state index contributed by atoms with van der Waals surface area (Å²) < 4.78 is 32.3. The number of hydrogen-bond donors (Lipinski definition) is 1. The summed E-state index contributed by atoms with van der Waals surface area (Å²) in [4.78, 5) is 4.11. The van der Waals surface area contributed by atoms with Crippen LogP contribution in [0.25, 0.3) is 0 Å². The summed E-state index contributed by atoms with van der Waals surface area (Å²) in [5, 5.41) is 9.08. The number of nitrogens with two attached hydrogens (primary N) is 1. The third kappa shape index (κ3) is 2.52. The molecule has 6 heteroatoms. The Morgan fingerprint density at radius 1 is 1.15 bits per heavy atom. The first kappa shape index (κ1) is 13.7. The van der Waals surface area contributed by atoms with Crippen molar-refractivity contribution in [1.82, 2.24) is 4.98 Å². The van der Waals surface area contributed by atoms with Crippen molar-refractivity contribution in [3.05, 3.63) is 46.8 Å². The number of nitriles is 1. The average molecular weight is 275 g/mol. The minimum Gasteiger partial charge on any atom is -0.453 e. The van der Waals surface area contributed by atoms with Gasteiger partial charge in [-0.2, -0.15) is 5.26 Å². The van der Waals surface area contributed by atoms with Crippen LogP contribution in [0.15, 0.2) is 18.2 Å². The Morgan fingerprint density at radius 2 is 1.85 bits per heavy atom. The van der Waals surface area contributed by atoms with Gasteiger partial charge < -0.3 is 10.5 Å². The van der Waals surface area contributed by atoms with Crippen LogP contribution < -0.4 is 10.5 Å². The SMILES string of the molecule is Cc1cc(Oc2cc(F)c(N)cc2F)c(C#N)c(C)n1. The van der Waals surface area contributed by atoms with Crippen LogP contribution in [0.5, 0.6) is 11.5 Å². The number of hydrogen-bond acceptors (Lipinski definition) is 4. The van der Waals surface area contributed by atoms with E-state index in [2.05, 4.69) is 4.98 Å². The number of pyridine rings is 1. The van der Waals surface area contributed by atoms with E-state index in [1.807, 2.05) is 6.07 Å². The number of aromatic nitrogens is 1. The van der Waals surface area contributed by atoms with E-state index < -0.39 is 11.6 Å². The number of nitrogen functional groups attached to an aromatic ring is 1. The Kier molecular flexibility index (Phi) is 3.53. The molecule has 0 spiro atoms. The van der Waals surface area contributed by atoms with Gasteiger partial charge in [-0.1, -0.05) is 0 Å². The van der Waals surface area contributed by atoms with E-state index >= 15 is 0 Å². The van der Waals surface area contributed by atoms with Crippen molar-refractivity contribution < 1.29 is 13.5 Å². The van der Waals surface area contributed by atoms with E-state index in [0.717, 1.165) is 12.1 Å². The Bertz CT molecular complexity index is 723. The lowest BCUT2D eigenvalue weighted by atomic mass is 10.2. The molecule has 1 aromatic heterocycles. The monoisotopic (exact) mass is 275 g/mol. The first-order valence-corrected chi connectivity index (χ1v) is 5.73. The molecule has 0 aliphatic heterocycles. The molecular formula is C14H11F2N3O. The van der Waals surface area contributed by atoms with Crippen LogP contribution in [0, 0.1) is 36.8 Å². The molecule has 0 bridgehead atoms. The quantitative estimate of drug-likeness (QED) is 0.854. The molecule has 102 valence electrons. The molecule has 0 amide bonds. The molecule has 1 heterocycles.